The zero-order chi connectivity index (χ0) is 35.6. The van der Waals surface area contributed by atoms with E-state index in [2.05, 4.69) is 92.9 Å². The van der Waals surface area contributed by atoms with Crippen LogP contribution in [0.1, 0.15) is 52.0 Å². The normalized spacial score (nSPS) is 15.4. The molecule has 0 bridgehead atoms. The molecule has 0 spiro atoms. The molecule has 11 heteroatoms. The second-order valence-corrected chi connectivity index (χ2v) is 12.9. The molecule has 9 N–H and O–H groups in total. The molecule has 0 aliphatic carbocycles. The molecule has 0 saturated heterocycles. The Morgan fingerprint density at radius 1 is 0.731 bits per heavy atom. The Bertz CT molecular complexity index is 2500. The molecule has 0 saturated carbocycles. The van der Waals surface area contributed by atoms with Crippen molar-refractivity contribution in [2.45, 2.75) is 6.92 Å². The number of fused-ring (bicyclic) bond motifs is 2. The standard InChI is InChI=1S/C41H39N11/c1-25(40-45-16-17-46-40)20-33-14-12-32(48-33)13-15-35-22-29-8-10-31(24-37(29)50-35)41-47-18-19-52(41)51-39(44)30-9-7-28-21-34(49-36(28)23-30)11-4-26-2-5-27(6-3-26)38(42)43/h2-15,20-24,48-50H,16-19H2,1H3,(H3,42,43)(H2,44,51)(H,45,46)/b11-4+,15-13+,25-20+. The van der Waals surface area contributed by atoms with E-state index in [1.807, 2.05) is 59.6 Å². The predicted molar refractivity (Wildman–Crippen MR) is 215 cm³/mol. The molecule has 3 aromatic carbocycles. The van der Waals surface area contributed by atoms with Crippen molar-refractivity contribution >= 4 is 75.5 Å². The number of aromatic amines is 3. The van der Waals surface area contributed by atoms with Crippen molar-refractivity contribution in [3.8, 4) is 0 Å². The van der Waals surface area contributed by atoms with E-state index in [1.165, 1.54) is 0 Å². The van der Waals surface area contributed by atoms with Crippen LogP contribution in [-0.2, 0) is 0 Å². The molecule has 2 aliphatic heterocycles. The van der Waals surface area contributed by atoms with Crippen LogP contribution >= 0.6 is 0 Å². The van der Waals surface area contributed by atoms with Gasteiger partial charge in [0.05, 0.1) is 19.6 Å². The maximum atomic E-state index is 7.57. The lowest BCUT2D eigenvalue weighted by Crippen LogP contribution is -2.27. The summed E-state index contributed by atoms with van der Waals surface area (Å²) in [4.78, 5) is 19.7. The van der Waals surface area contributed by atoms with E-state index in [0.717, 1.165) is 91.6 Å². The zero-order valence-electron chi connectivity index (χ0n) is 28.7. The van der Waals surface area contributed by atoms with Crippen molar-refractivity contribution in [3.63, 3.8) is 0 Å². The van der Waals surface area contributed by atoms with Gasteiger partial charge in [-0.3, -0.25) is 15.4 Å². The van der Waals surface area contributed by atoms with Crippen LogP contribution in [0.4, 0.5) is 0 Å². The van der Waals surface area contributed by atoms with Gasteiger partial charge in [-0.2, -0.15) is 5.10 Å². The monoisotopic (exact) mass is 685 g/mol. The average molecular weight is 686 g/mol. The summed E-state index contributed by atoms with van der Waals surface area (Å²) in [7, 11) is 0. The van der Waals surface area contributed by atoms with Gasteiger partial charge in [0.2, 0.25) is 0 Å². The minimum atomic E-state index is 0.0600. The van der Waals surface area contributed by atoms with Gasteiger partial charge in [-0.25, -0.2) is 5.01 Å². The zero-order valence-corrected chi connectivity index (χ0v) is 28.7. The lowest BCUT2D eigenvalue weighted by molar-refractivity contribution is 0.489. The number of hydrogen-bond acceptors (Lipinski definition) is 6. The van der Waals surface area contributed by atoms with Gasteiger partial charge in [0.1, 0.15) is 11.7 Å². The van der Waals surface area contributed by atoms with Crippen LogP contribution in [0.5, 0.6) is 0 Å². The summed E-state index contributed by atoms with van der Waals surface area (Å²) in [6.45, 7) is 5.09. The highest BCUT2D eigenvalue weighted by Crippen LogP contribution is 2.23. The maximum absolute atomic E-state index is 7.57. The topological polar surface area (TPSA) is 176 Å². The summed E-state index contributed by atoms with van der Waals surface area (Å²) in [5.41, 5.74) is 22.8. The van der Waals surface area contributed by atoms with E-state index in [0.29, 0.717) is 24.5 Å². The smallest absolute Gasteiger partial charge is 0.151 e. The minimum Gasteiger partial charge on any atom is -0.384 e. The highest BCUT2D eigenvalue weighted by Gasteiger charge is 2.20. The third-order valence-corrected chi connectivity index (χ3v) is 9.16. The Balaban J connectivity index is 0.949. The highest BCUT2D eigenvalue weighted by atomic mass is 15.5. The molecule has 0 atom stereocenters. The van der Waals surface area contributed by atoms with Crippen molar-refractivity contribution in [2.24, 2.45) is 26.6 Å². The first-order valence-electron chi connectivity index (χ1n) is 17.2. The number of hydrazone groups is 1. The van der Waals surface area contributed by atoms with Gasteiger partial charge >= 0.3 is 0 Å². The molecule has 0 amide bonds. The van der Waals surface area contributed by atoms with E-state index in [-0.39, 0.29) is 5.84 Å². The quantitative estimate of drug-likeness (QED) is 0.0654. The SMILES string of the molecule is C/C(=C\c1ccc(/C=C/c2cc3ccc(C4=NCCN4/N=C(/N)c4ccc5cc(/C=C/c6ccc(C(=N)N)cc6)[nH]c5c4)cc3[nH]2)[nH]1)C1=NCCN1. The number of H-pyrrole nitrogens is 3. The molecule has 11 nitrogen and oxygen atoms in total. The Morgan fingerprint density at radius 3 is 2.17 bits per heavy atom. The Hall–Kier alpha value is -6.88. The largest absolute Gasteiger partial charge is 0.384 e. The number of rotatable bonds is 10. The first-order valence-corrected chi connectivity index (χ1v) is 17.2. The number of nitrogens with one attached hydrogen (secondary N) is 5. The van der Waals surface area contributed by atoms with Crippen LogP contribution in [0.15, 0.2) is 106 Å². The fourth-order valence-electron chi connectivity index (χ4n) is 6.45. The molecule has 2 aliphatic rings. The van der Waals surface area contributed by atoms with Crippen LogP contribution in [0.2, 0.25) is 0 Å². The molecule has 3 aromatic heterocycles. The number of hydrogen-bond donors (Lipinski definition) is 7. The van der Waals surface area contributed by atoms with Gasteiger partial charge in [-0.1, -0.05) is 54.6 Å². The highest BCUT2D eigenvalue weighted by molar-refractivity contribution is 6.06. The van der Waals surface area contributed by atoms with Crippen molar-refractivity contribution in [1.29, 1.82) is 5.41 Å². The van der Waals surface area contributed by atoms with Crippen LogP contribution in [-0.4, -0.2) is 69.5 Å². The molecule has 5 heterocycles. The van der Waals surface area contributed by atoms with Gasteiger partial charge < -0.3 is 31.7 Å². The number of nitrogens with zero attached hydrogens (tertiary/aromatic N) is 4. The maximum Gasteiger partial charge on any atom is 0.151 e. The molecule has 0 fully saturated rings. The summed E-state index contributed by atoms with van der Waals surface area (Å²) in [5.74, 6) is 2.24. The Kier molecular flexibility index (Phi) is 8.58. The van der Waals surface area contributed by atoms with Crippen LogP contribution in [0.25, 0.3) is 52.2 Å². The third-order valence-electron chi connectivity index (χ3n) is 9.16. The fraction of sp³-hybridized carbons (Fsp3) is 0.122. The van der Waals surface area contributed by atoms with E-state index >= 15 is 0 Å². The summed E-state index contributed by atoms with van der Waals surface area (Å²) in [6.07, 6.45) is 10.3. The number of amidine groups is 4. The van der Waals surface area contributed by atoms with E-state index in [9.17, 15) is 0 Å². The van der Waals surface area contributed by atoms with Gasteiger partial charge in [0.25, 0.3) is 0 Å². The van der Waals surface area contributed by atoms with Crippen molar-refractivity contribution in [2.75, 3.05) is 26.2 Å². The minimum absolute atomic E-state index is 0.0600. The molecule has 52 heavy (non-hydrogen) atoms. The number of nitrogens with two attached hydrogens (primary N) is 2. The molecule has 0 unspecified atom stereocenters. The predicted octanol–water partition coefficient (Wildman–Crippen LogP) is 6.39. The van der Waals surface area contributed by atoms with Crippen molar-refractivity contribution in [1.82, 2.24) is 25.3 Å². The number of aliphatic imine (C=N–C) groups is 2. The summed E-state index contributed by atoms with van der Waals surface area (Å²) < 4.78 is 0. The van der Waals surface area contributed by atoms with Gasteiger partial charge in [0.15, 0.2) is 11.7 Å². The van der Waals surface area contributed by atoms with Crippen molar-refractivity contribution in [3.05, 3.63) is 136 Å². The number of benzene rings is 3. The molecule has 6 aromatic rings. The average Bonchev–Trinajstić information content (AvgIpc) is 4.00. The van der Waals surface area contributed by atoms with Gasteiger partial charge in [0, 0.05) is 67.8 Å². The molecule has 0 radical (unpaired) electrons. The van der Waals surface area contributed by atoms with Crippen molar-refractivity contribution < 1.29 is 0 Å². The van der Waals surface area contributed by atoms with Crippen LogP contribution in [0.3, 0.4) is 0 Å². The molecular weight excluding hydrogens is 647 g/mol. The van der Waals surface area contributed by atoms with Crippen LogP contribution < -0.4 is 16.8 Å². The first kappa shape index (κ1) is 32.3. The van der Waals surface area contributed by atoms with Crippen LogP contribution in [0, 0.1) is 5.41 Å². The Labute approximate surface area is 300 Å². The molecule has 8 rings (SSSR count). The van der Waals surface area contributed by atoms with E-state index in [1.54, 1.807) is 0 Å². The second kappa shape index (κ2) is 13.8. The number of aromatic nitrogens is 3. The molecule has 258 valence electrons. The van der Waals surface area contributed by atoms with E-state index in [4.69, 9.17) is 27.0 Å². The lowest BCUT2D eigenvalue weighted by atomic mass is 10.1. The van der Waals surface area contributed by atoms with Gasteiger partial charge in [-0.15, -0.1) is 0 Å². The third kappa shape index (κ3) is 6.92. The second-order valence-electron chi connectivity index (χ2n) is 12.9. The first-order chi connectivity index (χ1) is 25.3. The van der Waals surface area contributed by atoms with E-state index < -0.39 is 0 Å². The summed E-state index contributed by atoms with van der Waals surface area (Å²) in [6, 6.07) is 28.3. The Morgan fingerprint density at radius 2 is 1.42 bits per heavy atom. The number of nitrogen functional groups attached to an aromatic ring is 1. The fourth-order valence-corrected chi connectivity index (χ4v) is 6.45. The summed E-state index contributed by atoms with van der Waals surface area (Å²) >= 11 is 0. The van der Waals surface area contributed by atoms with Gasteiger partial charge in [-0.05, 0) is 78.8 Å². The molecular formula is C41H39N11. The lowest BCUT2D eigenvalue weighted by Gasteiger charge is -2.16. The summed E-state index contributed by atoms with van der Waals surface area (Å²) in [5, 5.41) is 19.8.